The largest absolute Gasteiger partial charge is 0.465 e. The number of nitrogens with zero attached hydrogens (tertiary/aromatic N) is 4. The number of ether oxygens (including phenoxy) is 1. The van der Waals surface area contributed by atoms with Crippen molar-refractivity contribution in [3.63, 3.8) is 0 Å². The van der Waals surface area contributed by atoms with Crippen molar-refractivity contribution in [1.82, 2.24) is 19.4 Å². The Morgan fingerprint density at radius 3 is 2.60 bits per heavy atom. The number of rotatable bonds is 7. The molecule has 0 atom stereocenters. The van der Waals surface area contributed by atoms with E-state index in [9.17, 15) is 9.59 Å². The average molecular weight is 373 g/mol. The molecule has 0 radical (unpaired) electrons. The maximum absolute atomic E-state index is 12.4. The van der Waals surface area contributed by atoms with E-state index < -0.39 is 0 Å². The molecule has 0 N–H and O–H groups in total. The van der Waals surface area contributed by atoms with E-state index in [1.54, 1.807) is 23.9 Å². The van der Waals surface area contributed by atoms with E-state index in [4.69, 9.17) is 4.74 Å². The van der Waals surface area contributed by atoms with E-state index in [2.05, 4.69) is 24.0 Å². The molecule has 1 aromatic heterocycles. The Balaban J connectivity index is 0.00000312. The quantitative estimate of drug-likeness (QED) is 0.676. The second-order valence-corrected chi connectivity index (χ2v) is 6.35. The van der Waals surface area contributed by atoms with E-state index in [0.717, 1.165) is 31.8 Å². The van der Waals surface area contributed by atoms with E-state index in [1.807, 2.05) is 4.90 Å². The fourth-order valence-corrected chi connectivity index (χ4v) is 3.07. The lowest BCUT2D eigenvalue weighted by Gasteiger charge is -2.35. The first kappa shape index (κ1) is 21.4. The number of amides is 1. The Morgan fingerprint density at radius 1 is 1.32 bits per heavy atom. The first-order chi connectivity index (χ1) is 11.5. The number of imidazole rings is 1. The molecule has 0 saturated carbocycles. The normalized spacial score (nSPS) is 15.1. The Kier molecular flexibility index (Phi) is 8.92. The fourth-order valence-electron chi connectivity index (χ4n) is 3.07. The average Bonchev–Trinajstić information content (AvgIpc) is 3.00. The number of hydrogen-bond acceptors (Lipinski definition) is 5. The molecule has 2 heterocycles. The monoisotopic (exact) mass is 372 g/mol. The van der Waals surface area contributed by atoms with Gasteiger partial charge in [-0.1, -0.05) is 0 Å². The van der Waals surface area contributed by atoms with Gasteiger partial charge in [0.15, 0.2) is 0 Å². The van der Waals surface area contributed by atoms with Crippen LogP contribution in [0.1, 0.15) is 32.0 Å². The van der Waals surface area contributed by atoms with Crippen molar-refractivity contribution >= 4 is 24.3 Å². The SMILES string of the molecule is CCOC(=O)Cn1ccnc1CCC(=O)N1CCC(N(C)C)CC1.Cl. The molecule has 1 aliphatic heterocycles. The number of hydrogen-bond donors (Lipinski definition) is 0. The molecule has 0 spiro atoms. The van der Waals surface area contributed by atoms with Crippen molar-refractivity contribution in [1.29, 1.82) is 0 Å². The Hall–Kier alpha value is -1.60. The molecule has 142 valence electrons. The lowest BCUT2D eigenvalue weighted by atomic mass is 10.0. The van der Waals surface area contributed by atoms with Crippen molar-refractivity contribution in [3.05, 3.63) is 18.2 Å². The van der Waals surface area contributed by atoms with Gasteiger partial charge in [-0.3, -0.25) is 9.59 Å². The minimum Gasteiger partial charge on any atom is -0.465 e. The number of likely N-dealkylation sites (tertiary alicyclic amines) is 1. The third kappa shape index (κ3) is 6.32. The summed E-state index contributed by atoms with van der Waals surface area (Å²) in [5, 5.41) is 0. The summed E-state index contributed by atoms with van der Waals surface area (Å²) in [5.74, 6) is 0.631. The zero-order valence-corrected chi connectivity index (χ0v) is 16.1. The molecule has 2 rings (SSSR count). The lowest BCUT2D eigenvalue weighted by molar-refractivity contribution is -0.143. The summed E-state index contributed by atoms with van der Waals surface area (Å²) in [6.07, 6.45) is 6.42. The smallest absolute Gasteiger partial charge is 0.325 e. The maximum atomic E-state index is 12.4. The third-order valence-electron chi connectivity index (χ3n) is 4.52. The molecule has 7 nitrogen and oxygen atoms in total. The molecule has 8 heteroatoms. The minimum atomic E-state index is -0.283. The van der Waals surface area contributed by atoms with Crippen LogP contribution in [-0.2, 0) is 27.3 Å². The van der Waals surface area contributed by atoms with Crippen LogP contribution in [0.4, 0.5) is 0 Å². The topological polar surface area (TPSA) is 67.7 Å². The van der Waals surface area contributed by atoms with Gasteiger partial charge in [0.05, 0.1) is 6.61 Å². The first-order valence-electron chi connectivity index (χ1n) is 8.61. The molecular weight excluding hydrogens is 344 g/mol. The lowest BCUT2D eigenvalue weighted by Crippen LogP contribution is -2.44. The van der Waals surface area contributed by atoms with Gasteiger partial charge >= 0.3 is 5.97 Å². The van der Waals surface area contributed by atoms with E-state index >= 15 is 0 Å². The number of piperidine rings is 1. The summed E-state index contributed by atoms with van der Waals surface area (Å²) in [5.41, 5.74) is 0. The van der Waals surface area contributed by atoms with Crippen LogP contribution < -0.4 is 0 Å². The predicted molar refractivity (Wildman–Crippen MR) is 97.7 cm³/mol. The number of esters is 1. The molecule has 0 unspecified atom stereocenters. The van der Waals surface area contributed by atoms with Gasteiger partial charge in [0.2, 0.25) is 5.91 Å². The maximum Gasteiger partial charge on any atom is 0.325 e. The highest BCUT2D eigenvalue weighted by atomic mass is 35.5. The molecule has 1 aromatic rings. The molecule has 0 bridgehead atoms. The minimum absolute atomic E-state index is 0. The highest BCUT2D eigenvalue weighted by Gasteiger charge is 2.23. The summed E-state index contributed by atoms with van der Waals surface area (Å²) in [6.45, 7) is 3.93. The van der Waals surface area contributed by atoms with Gasteiger partial charge in [0.1, 0.15) is 12.4 Å². The van der Waals surface area contributed by atoms with Crippen LogP contribution in [0, 0.1) is 0 Å². The van der Waals surface area contributed by atoms with Gasteiger partial charge < -0.3 is 19.1 Å². The molecule has 1 saturated heterocycles. The van der Waals surface area contributed by atoms with Crippen molar-refractivity contribution < 1.29 is 14.3 Å². The Morgan fingerprint density at radius 2 is 2.00 bits per heavy atom. The van der Waals surface area contributed by atoms with Crippen LogP contribution in [0.2, 0.25) is 0 Å². The third-order valence-corrected chi connectivity index (χ3v) is 4.52. The van der Waals surface area contributed by atoms with Gasteiger partial charge in [-0.25, -0.2) is 4.98 Å². The summed E-state index contributed by atoms with van der Waals surface area (Å²) in [6, 6.07) is 0.567. The second-order valence-electron chi connectivity index (χ2n) is 6.35. The standard InChI is InChI=1S/C17H28N4O3.ClH/c1-4-24-17(23)13-21-12-9-18-15(21)5-6-16(22)20-10-7-14(8-11-20)19(2)3;/h9,12,14H,4-8,10-11,13H2,1-3H3;1H. The molecule has 0 aliphatic carbocycles. The summed E-state index contributed by atoms with van der Waals surface area (Å²) < 4.78 is 6.71. The van der Waals surface area contributed by atoms with Crippen LogP contribution in [0.25, 0.3) is 0 Å². The number of halogens is 1. The summed E-state index contributed by atoms with van der Waals surface area (Å²) in [7, 11) is 4.18. The number of aryl methyl sites for hydroxylation is 1. The van der Waals surface area contributed by atoms with Gasteiger partial charge in [-0.2, -0.15) is 0 Å². The van der Waals surface area contributed by atoms with Crippen LogP contribution in [-0.4, -0.2) is 71.1 Å². The second kappa shape index (κ2) is 10.4. The van der Waals surface area contributed by atoms with Gasteiger partial charge in [0.25, 0.3) is 0 Å². The Bertz CT molecular complexity index is 554. The molecular formula is C17H29ClN4O3. The van der Waals surface area contributed by atoms with Crippen molar-refractivity contribution in [3.8, 4) is 0 Å². The molecule has 1 amide bonds. The highest BCUT2D eigenvalue weighted by Crippen LogP contribution is 2.15. The van der Waals surface area contributed by atoms with E-state index in [0.29, 0.717) is 25.5 Å². The van der Waals surface area contributed by atoms with Crippen LogP contribution in [0.3, 0.4) is 0 Å². The van der Waals surface area contributed by atoms with E-state index in [-0.39, 0.29) is 30.8 Å². The number of carbonyl (C=O) groups is 2. The molecule has 0 aromatic carbocycles. The van der Waals surface area contributed by atoms with E-state index in [1.165, 1.54) is 0 Å². The van der Waals surface area contributed by atoms with Gasteiger partial charge in [0, 0.05) is 44.4 Å². The molecule has 1 fully saturated rings. The van der Waals surface area contributed by atoms with Crippen molar-refractivity contribution in [2.45, 2.75) is 45.2 Å². The predicted octanol–water partition coefficient (Wildman–Crippen LogP) is 1.35. The van der Waals surface area contributed by atoms with Crippen molar-refractivity contribution in [2.75, 3.05) is 33.8 Å². The number of carbonyl (C=O) groups excluding carboxylic acids is 2. The first-order valence-corrected chi connectivity index (χ1v) is 8.61. The summed E-state index contributed by atoms with van der Waals surface area (Å²) in [4.78, 5) is 32.4. The van der Waals surface area contributed by atoms with Crippen LogP contribution >= 0.6 is 12.4 Å². The number of aromatic nitrogens is 2. The zero-order valence-electron chi connectivity index (χ0n) is 15.3. The Labute approximate surface area is 155 Å². The molecule has 1 aliphatic rings. The van der Waals surface area contributed by atoms with Crippen molar-refractivity contribution in [2.24, 2.45) is 0 Å². The summed E-state index contributed by atoms with van der Waals surface area (Å²) >= 11 is 0. The van der Waals surface area contributed by atoms with Crippen LogP contribution in [0.5, 0.6) is 0 Å². The van der Waals surface area contributed by atoms with Crippen LogP contribution in [0.15, 0.2) is 12.4 Å². The van der Waals surface area contributed by atoms with Gasteiger partial charge in [-0.05, 0) is 33.9 Å². The fraction of sp³-hybridized carbons (Fsp3) is 0.706. The zero-order chi connectivity index (χ0) is 17.5. The highest BCUT2D eigenvalue weighted by molar-refractivity contribution is 5.85. The van der Waals surface area contributed by atoms with Gasteiger partial charge in [-0.15, -0.1) is 12.4 Å². The molecule has 25 heavy (non-hydrogen) atoms.